The lowest BCUT2D eigenvalue weighted by Crippen LogP contribution is -2.33. The molecule has 166 valence electrons. The van der Waals surface area contributed by atoms with Crippen LogP contribution >= 0.6 is 0 Å². The van der Waals surface area contributed by atoms with Crippen molar-refractivity contribution in [2.75, 3.05) is 19.6 Å². The number of likely N-dealkylation sites (tertiary alicyclic amines) is 1. The molecule has 0 bridgehead atoms. The maximum atomic E-state index is 13.4. The highest BCUT2D eigenvalue weighted by Gasteiger charge is 2.24. The molecule has 4 aromatic heterocycles. The van der Waals surface area contributed by atoms with Gasteiger partial charge in [0.25, 0.3) is 5.91 Å². The number of rotatable bonds is 6. The third-order valence-corrected chi connectivity index (χ3v) is 6.11. The number of hydrogen-bond donors (Lipinski definition) is 1. The van der Waals surface area contributed by atoms with Gasteiger partial charge in [0, 0.05) is 57.4 Å². The van der Waals surface area contributed by atoms with Gasteiger partial charge in [-0.3, -0.25) is 9.20 Å². The van der Waals surface area contributed by atoms with Gasteiger partial charge in [0.05, 0.1) is 11.4 Å². The van der Waals surface area contributed by atoms with Crippen molar-refractivity contribution in [3.05, 3.63) is 65.6 Å². The fourth-order valence-corrected chi connectivity index (χ4v) is 4.38. The topological polar surface area (TPSA) is 79.8 Å². The van der Waals surface area contributed by atoms with E-state index < -0.39 is 0 Å². The Kier molecular flexibility index (Phi) is 5.85. The number of fused-ring (bicyclic) bond motifs is 2. The Labute approximate surface area is 187 Å². The van der Waals surface area contributed by atoms with Crippen molar-refractivity contribution >= 4 is 17.3 Å². The molecule has 5 heterocycles. The lowest BCUT2D eigenvalue weighted by molar-refractivity contribution is 0.0755. The summed E-state index contributed by atoms with van der Waals surface area (Å²) in [6, 6.07) is 5.99. The van der Waals surface area contributed by atoms with Gasteiger partial charge in [0.2, 0.25) is 5.78 Å². The molecule has 1 N–H and O–H groups in total. The van der Waals surface area contributed by atoms with E-state index in [0.29, 0.717) is 18.0 Å². The minimum Gasteiger partial charge on any atom is -0.337 e. The van der Waals surface area contributed by atoms with Crippen molar-refractivity contribution in [1.82, 2.24) is 34.0 Å². The molecule has 8 nitrogen and oxygen atoms in total. The van der Waals surface area contributed by atoms with Crippen LogP contribution in [0.4, 0.5) is 0 Å². The Morgan fingerprint density at radius 1 is 1.12 bits per heavy atom. The van der Waals surface area contributed by atoms with Crippen molar-refractivity contribution in [2.45, 2.75) is 45.6 Å². The number of aryl methyl sites for hydroxylation is 1. The average Bonchev–Trinajstić information content (AvgIpc) is 3.25. The van der Waals surface area contributed by atoms with Gasteiger partial charge in [0.1, 0.15) is 5.65 Å². The summed E-state index contributed by atoms with van der Waals surface area (Å²) in [4.78, 5) is 28.9. The van der Waals surface area contributed by atoms with E-state index in [2.05, 4.69) is 21.4 Å². The summed E-state index contributed by atoms with van der Waals surface area (Å²) in [6.45, 7) is 5.01. The lowest BCUT2D eigenvalue weighted by Gasteiger charge is -2.19. The molecule has 8 heteroatoms. The van der Waals surface area contributed by atoms with Crippen LogP contribution in [0.2, 0.25) is 0 Å². The van der Waals surface area contributed by atoms with Crippen molar-refractivity contribution < 1.29 is 4.79 Å². The van der Waals surface area contributed by atoms with Gasteiger partial charge in [-0.25, -0.2) is 15.0 Å². The van der Waals surface area contributed by atoms with Crippen LogP contribution in [-0.4, -0.2) is 54.2 Å². The van der Waals surface area contributed by atoms with Crippen LogP contribution in [0, 0.1) is 6.92 Å². The van der Waals surface area contributed by atoms with E-state index in [-0.39, 0.29) is 5.91 Å². The quantitative estimate of drug-likeness (QED) is 0.475. The van der Waals surface area contributed by atoms with E-state index in [0.717, 1.165) is 61.5 Å². The Balaban J connectivity index is 1.33. The molecule has 0 unspecified atom stereocenters. The summed E-state index contributed by atoms with van der Waals surface area (Å²) in [6.07, 6.45) is 13.0. The highest BCUT2D eigenvalue weighted by Crippen LogP contribution is 2.19. The predicted octanol–water partition coefficient (Wildman–Crippen LogP) is 3.03. The minimum absolute atomic E-state index is 0.0523. The van der Waals surface area contributed by atoms with Crippen LogP contribution in [0.3, 0.4) is 0 Å². The SMILES string of the molecule is Cc1ccn2c(CNCCc3cn4cccnc4n3)c(C(=O)N3CCCCCC3)nc2c1. The van der Waals surface area contributed by atoms with Gasteiger partial charge >= 0.3 is 0 Å². The molecular weight excluding hydrogens is 402 g/mol. The van der Waals surface area contributed by atoms with E-state index in [1.54, 1.807) is 6.20 Å². The second-order valence-corrected chi connectivity index (χ2v) is 8.53. The zero-order valence-corrected chi connectivity index (χ0v) is 18.5. The maximum Gasteiger partial charge on any atom is 0.274 e. The molecule has 1 aliphatic heterocycles. The summed E-state index contributed by atoms with van der Waals surface area (Å²) in [5.41, 5.74) is 4.45. The highest BCUT2D eigenvalue weighted by molar-refractivity contribution is 5.94. The lowest BCUT2D eigenvalue weighted by atomic mass is 10.2. The first-order valence-electron chi connectivity index (χ1n) is 11.5. The minimum atomic E-state index is 0.0523. The molecule has 32 heavy (non-hydrogen) atoms. The molecule has 1 fully saturated rings. The molecule has 0 radical (unpaired) electrons. The molecule has 1 amide bonds. The van der Waals surface area contributed by atoms with Gasteiger partial charge < -0.3 is 14.6 Å². The van der Waals surface area contributed by atoms with Crippen LogP contribution in [0.25, 0.3) is 11.4 Å². The summed E-state index contributed by atoms with van der Waals surface area (Å²) in [5.74, 6) is 0.765. The average molecular weight is 432 g/mol. The summed E-state index contributed by atoms with van der Waals surface area (Å²) >= 11 is 0. The van der Waals surface area contributed by atoms with Crippen LogP contribution in [0.5, 0.6) is 0 Å². The van der Waals surface area contributed by atoms with Crippen LogP contribution < -0.4 is 5.32 Å². The van der Waals surface area contributed by atoms with E-state index in [1.807, 2.05) is 51.3 Å². The van der Waals surface area contributed by atoms with Crippen LogP contribution in [-0.2, 0) is 13.0 Å². The van der Waals surface area contributed by atoms with Gasteiger partial charge in [-0.15, -0.1) is 0 Å². The van der Waals surface area contributed by atoms with Gasteiger partial charge in [0.15, 0.2) is 5.69 Å². The fraction of sp³-hybridized carbons (Fsp3) is 0.417. The number of nitrogens with zero attached hydrogens (tertiary/aromatic N) is 6. The molecule has 5 rings (SSSR count). The third-order valence-electron chi connectivity index (χ3n) is 6.11. The smallest absolute Gasteiger partial charge is 0.274 e. The first-order chi connectivity index (χ1) is 15.7. The number of carbonyl (C=O) groups is 1. The van der Waals surface area contributed by atoms with Gasteiger partial charge in [-0.05, 0) is 43.5 Å². The highest BCUT2D eigenvalue weighted by atomic mass is 16.2. The Hall–Kier alpha value is -3.26. The number of carbonyl (C=O) groups excluding carboxylic acids is 1. The number of nitrogens with one attached hydrogen (secondary N) is 1. The zero-order valence-electron chi connectivity index (χ0n) is 18.5. The van der Waals surface area contributed by atoms with Gasteiger partial charge in [-0.2, -0.15) is 0 Å². The van der Waals surface area contributed by atoms with E-state index in [1.165, 1.54) is 12.8 Å². The molecule has 0 spiro atoms. The fourth-order valence-electron chi connectivity index (χ4n) is 4.38. The monoisotopic (exact) mass is 431 g/mol. The summed E-state index contributed by atoms with van der Waals surface area (Å²) < 4.78 is 3.97. The molecule has 0 aromatic carbocycles. The maximum absolute atomic E-state index is 13.4. The van der Waals surface area contributed by atoms with Gasteiger partial charge in [-0.1, -0.05) is 12.8 Å². The Morgan fingerprint density at radius 2 is 1.97 bits per heavy atom. The molecule has 0 atom stereocenters. The molecule has 1 saturated heterocycles. The number of hydrogen-bond acceptors (Lipinski definition) is 5. The van der Waals surface area contributed by atoms with Crippen molar-refractivity contribution in [3.63, 3.8) is 0 Å². The second kappa shape index (κ2) is 9.08. The first-order valence-corrected chi connectivity index (χ1v) is 11.5. The van der Waals surface area contributed by atoms with E-state index >= 15 is 0 Å². The van der Waals surface area contributed by atoms with Crippen molar-refractivity contribution in [2.24, 2.45) is 0 Å². The Bertz CT molecular complexity index is 1200. The zero-order chi connectivity index (χ0) is 21.9. The first kappa shape index (κ1) is 20.6. The standard InChI is InChI=1S/C24H29N7O/c1-18-8-14-31-20(16-25-10-7-19-17-30-13-6-9-26-24(30)27-19)22(28-21(31)15-18)23(32)29-11-4-2-3-5-12-29/h6,8-9,13-15,17,25H,2-5,7,10-12,16H2,1H3. The summed E-state index contributed by atoms with van der Waals surface area (Å²) in [5, 5.41) is 3.50. The van der Waals surface area contributed by atoms with E-state index in [9.17, 15) is 4.79 Å². The number of aromatic nitrogens is 5. The molecule has 1 aliphatic rings. The number of amides is 1. The number of imidazole rings is 2. The normalized spacial score (nSPS) is 14.8. The van der Waals surface area contributed by atoms with E-state index in [4.69, 9.17) is 4.98 Å². The van der Waals surface area contributed by atoms with Crippen molar-refractivity contribution in [1.29, 1.82) is 0 Å². The van der Waals surface area contributed by atoms with Crippen LogP contribution in [0.1, 0.15) is 53.1 Å². The second-order valence-electron chi connectivity index (χ2n) is 8.53. The number of pyridine rings is 1. The predicted molar refractivity (Wildman–Crippen MR) is 123 cm³/mol. The molecular formula is C24H29N7O. The molecule has 0 saturated carbocycles. The third kappa shape index (κ3) is 4.23. The molecule has 4 aromatic rings. The Morgan fingerprint density at radius 3 is 2.78 bits per heavy atom. The summed E-state index contributed by atoms with van der Waals surface area (Å²) in [7, 11) is 0. The largest absolute Gasteiger partial charge is 0.337 e. The molecule has 0 aliphatic carbocycles. The van der Waals surface area contributed by atoms with Crippen molar-refractivity contribution in [3.8, 4) is 0 Å². The van der Waals surface area contributed by atoms with Crippen LogP contribution in [0.15, 0.2) is 43.0 Å².